The SMILES string of the molecule is CCC(C)N(CC)CCCC(=O)Nc1ccccc1N. The minimum absolute atomic E-state index is 0.0307. The van der Waals surface area contributed by atoms with Crippen molar-refractivity contribution >= 4 is 17.3 Å². The zero-order valence-electron chi connectivity index (χ0n) is 12.9. The second-order valence-corrected chi connectivity index (χ2v) is 5.12. The lowest BCUT2D eigenvalue weighted by Gasteiger charge is -2.26. The molecular formula is C16H27N3O. The van der Waals surface area contributed by atoms with E-state index in [-0.39, 0.29) is 5.91 Å². The van der Waals surface area contributed by atoms with Crippen LogP contribution in [0, 0.1) is 0 Å². The molecule has 1 rings (SSSR count). The molecule has 3 N–H and O–H groups in total. The molecule has 0 aromatic heterocycles. The van der Waals surface area contributed by atoms with Gasteiger partial charge in [-0.15, -0.1) is 0 Å². The van der Waals surface area contributed by atoms with Crippen molar-refractivity contribution in [3.8, 4) is 0 Å². The van der Waals surface area contributed by atoms with Crippen molar-refractivity contribution in [2.45, 2.75) is 46.1 Å². The molecule has 0 radical (unpaired) electrons. The van der Waals surface area contributed by atoms with Crippen LogP contribution in [-0.4, -0.2) is 29.9 Å². The van der Waals surface area contributed by atoms with Crippen LogP contribution >= 0.6 is 0 Å². The van der Waals surface area contributed by atoms with Gasteiger partial charge in [-0.2, -0.15) is 0 Å². The summed E-state index contributed by atoms with van der Waals surface area (Å²) in [6, 6.07) is 7.92. The minimum atomic E-state index is 0.0307. The number of nitrogens with one attached hydrogen (secondary N) is 1. The lowest BCUT2D eigenvalue weighted by Crippen LogP contribution is -2.33. The quantitative estimate of drug-likeness (QED) is 0.718. The molecule has 1 unspecified atom stereocenters. The fourth-order valence-corrected chi connectivity index (χ4v) is 2.21. The third kappa shape index (κ3) is 5.21. The van der Waals surface area contributed by atoms with Crippen molar-refractivity contribution in [1.82, 2.24) is 4.90 Å². The molecule has 4 heteroatoms. The van der Waals surface area contributed by atoms with Crippen molar-refractivity contribution in [2.75, 3.05) is 24.1 Å². The third-order valence-electron chi connectivity index (χ3n) is 3.70. The van der Waals surface area contributed by atoms with E-state index < -0.39 is 0 Å². The maximum Gasteiger partial charge on any atom is 0.224 e. The van der Waals surface area contributed by atoms with Crippen LogP contribution in [0.15, 0.2) is 24.3 Å². The molecule has 1 aromatic carbocycles. The molecule has 0 aliphatic rings. The maximum atomic E-state index is 11.9. The largest absolute Gasteiger partial charge is 0.397 e. The molecule has 20 heavy (non-hydrogen) atoms. The van der Waals surface area contributed by atoms with E-state index in [0.717, 1.165) is 25.9 Å². The zero-order valence-corrected chi connectivity index (χ0v) is 12.9. The van der Waals surface area contributed by atoms with E-state index in [1.807, 2.05) is 18.2 Å². The Bertz CT molecular complexity index is 420. The summed E-state index contributed by atoms with van der Waals surface area (Å²) in [5.74, 6) is 0.0307. The second-order valence-electron chi connectivity index (χ2n) is 5.12. The summed E-state index contributed by atoms with van der Waals surface area (Å²) < 4.78 is 0. The van der Waals surface area contributed by atoms with Crippen LogP contribution in [0.4, 0.5) is 11.4 Å². The van der Waals surface area contributed by atoms with Crippen LogP contribution in [0.3, 0.4) is 0 Å². The maximum absolute atomic E-state index is 11.9. The summed E-state index contributed by atoms with van der Waals surface area (Å²) >= 11 is 0. The van der Waals surface area contributed by atoms with Gasteiger partial charge in [-0.1, -0.05) is 26.0 Å². The van der Waals surface area contributed by atoms with E-state index in [4.69, 9.17) is 5.73 Å². The van der Waals surface area contributed by atoms with E-state index in [1.165, 1.54) is 0 Å². The molecule has 4 nitrogen and oxygen atoms in total. The van der Waals surface area contributed by atoms with Gasteiger partial charge >= 0.3 is 0 Å². The number of nitrogens with two attached hydrogens (primary N) is 1. The Morgan fingerprint density at radius 3 is 2.65 bits per heavy atom. The van der Waals surface area contributed by atoms with Gasteiger partial charge in [0.25, 0.3) is 0 Å². The molecule has 1 amide bonds. The Morgan fingerprint density at radius 1 is 1.35 bits per heavy atom. The standard InChI is InChI=1S/C16H27N3O/c1-4-13(3)19(5-2)12-8-11-16(20)18-15-10-7-6-9-14(15)17/h6-7,9-10,13H,4-5,8,11-12,17H2,1-3H3,(H,18,20). The number of anilines is 2. The number of amides is 1. The van der Waals surface area contributed by atoms with Crippen LogP contribution in [0.25, 0.3) is 0 Å². The second kappa shape index (κ2) is 8.59. The summed E-state index contributed by atoms with van der Waals surface area (Å²) in [7, 11) is 0. The van der Waals surface area contributed by atoms with Gasteiger partial charge in [0.15, 0.2) is 0 Å². The Hall–Kier alpha value is -1.55. The number of benzene rings is 1. The Morgan fingerprint density at radius 2 is 2.05 bits per heavy atom. The van der Waals surface area contributed by atoms with Gasteiger partial charge in [0, 0.05) is 12.5 Å². The van der Waals surface area contributed by atoms with Crippen LogP contribution < -0.4 is 11.1 Å². The number of para-hydroxylation sites is 2. The average molecular weight is 277 g/mol. The number of carbonyl (C=O) groups excluding carboxylic acids is 1. The van der Waals surface area contributed by atoms with Gasteiger partial charge in [0.05, 0.1) is 11.4 Å². The van der Waals surface area contributed by atoms with Gasteiger partial charge in [-0.25, -0.2) is 0 Å². The van der Waals surface area contributed by atoms with E-state index >= 15 is 0 Å². The summed E-state index contributed by atoms with van der Waals surface area (Å²) in [5.41, 5.74) is 7.11. The Kier molecular flexibility index (Phi) is 7.09. The van der Waals surface area contributed by atoms with E-state index in [9.17, 15) is 4.79 Å². The predicted octanol–water partition coefficient (Wildman–Crippen LogP) is 3.11. The molecule has 0 saturated heterocycles. The first-order valence-electron chi connectivity index (χ1n) is 7.46. The summed E-state index contributed by atoms with van der Waals surface area (Å²) in [6.07, 6.45) is 2.54. The molecule has 112 valence electrons. The highest BCUT2D eigenvalue weighted by Crippen LogP contribution is 2.17. The molecule has 0 heterocycles. The first-order chi connectivity index (χ1) is 9.58. The first-order valence-corrected chi connectivity index (χ1v) is 7.46. The average Bonchev–Trinajstić information content (AvgIpc) is 2.45. The molecule has 0 aliphatic heterocycles. The summed E-state index contributed by atoms with van der Waals surface area (Å²) in [5, 5.41) is 2.86. The van der Waals surface area contributed by atoms with Gasteiger partial charge in [0.1, 0.15) is 0 Å². The topological polar surface area (TPSA) is 58.4 Å². The van der Waals surface area contributed by atoms with E-state index in [1.54, 1.807) is 6.07 Å². The molecule has 0 fully saturated rings. The fraction of sp³-hybridized carbons (Fsp3) is 0.562. The van der Waals surface area contributed by atoms with Crippen molar-refractivity contribution in [3.05, 3.63) is 24.3 Å². The highest BCUT2D eigenvalue weighted by Gasteiger charge is 2.11. The van der Waals surface area contributed by atoms with Crippen molar-refractivity contribution < 1.29 is 4.79 Å². The van der Waals surface area contributed by atoms with Crippen LogP contribution in [0.2, 0.25) is 0 Å². The fourth-order valence-electron chi connectivity index (χ4n) is 2.21. The van der Waals surface area contributed by atoms with Crippen molar-refractivity contribution in [3.63, 3.8) is 0 Å². The summed E-state index contributed by atoms with van der Waals surface area (Å²) in [6.45, 7) is 8.58. The molecular weight excluding hydrogens is 250 g/mol. The molecule has 0 bridgehead atoms. The smallest absolute Gasteiger partial charge is 0.224 e. The number of hydrogen-bond donors (Lipinski definition) is 2. The van der Waals surface area contributed by atoms with Crippen LogP contribution in [0.5, 0.6) is 0 Å². The van der Waals surface area contributed by atoms with Gasteiger partial charge in [-0.05, 0) is 45.0 Å². The van der Waals surface area contributed by atoms with E-state index in [2.05, 4.69) is 31.0 Å². The highest BCUT2D eigenvalue weighted by atomic mass is 16.1. The monoisotopic (exact) mass is 277 g/mol. The number of hydrogen-bond acceptors (Lipinski definition) is 3. The molecule has 1 atom stereocenters. The molecule has 1 aromatic rings. The zero-order chi connectivity index (χ0) is 15.0. The van der Waals surface area contributed by atoms with E-state index in [0.29, 0.717) is 23.8 Å². The van der Waals surface area contributed by atoms with Crippen LogP contribution in [-0.2, 0) is 4.79 Å². The highest BCUT2D eigenvalue weighted by molar-refractivity contribution is 5.93. The number of rotatable bonds is 8. The normalized spacial score (nSPS) is 12.4. The third-order valence-corrected chi connectivity index (χ3v) is 3.70. The lowest BCUT2D eigenvalue weighted by atomic mass is 10.2. The van der Waals surface area contributed by atoms with Gasteiger partial charge in [-0.3, -0.25) is 4.79 Å². The van der Waals surface area contributed by atoms with Crippen LogP contribution in [0.1, 0.15) is 40.0 Å². The Labute approximate surface area is 122 Å². The van der Waals surface area contributed by atoms with Crippen molar-refractivity contribution in [1.29, 1.82) is 0 Å². The minimum Gasteiger partial charge on any atom is -0.397 e. The van der Waals surface area contributed by atoms with Gasteiger partial charge < -0.3 is 16.0 Å². The summed E-state index contributed by atoms with van der Waals surface area (Å²) in [4.78, 5) is 14.3. The predicted molar refractivity (Wildman–Crippen MR) is 85.7 cm³/mol. The first kappa shape index (κ1) is 16.5. The van der Waals surface area contributed by atoms with Gasteiger partial charge in [0.2, 0.25) is 5.91 Å². The lowest BCUT2D eigenvalue weighted by molar-refractivity contribution is -0.116. The Balaban J connectivity index is 2.35. The molecule has 0 spiro atoms. The number of nitrogen functional groups attached to an aromatic ring is 1. The molecule has 0 aliphatic carbocycles. The number of carbonyl (C=O) groups is 1. The number of nitrogens with zero attached hydrogens (tertiary/aromatic N) is 1. The molecule has 0 saturated carbocycles. The van der Waals surface area contributed by atoms with Crippen molar-refractivity contribution in [2.24, 2.45) is 0 Å².